The highest BCUT2D eigenvalue weighted by molar-refractivity contribution is 6.07. The lowest BCUT2D eigenvalue weighted by molar-refractivity contribution is 0.101. The molecule has 9 nitrogen and oxygen atoms in total. The highest BCUT2D eigenvalue weighted by Gasteiger charge is 2.22. The summed E-state index contributed by atoms with van der Waals surface area (Å²) in [4.78, 5) is 39.7. The fourth-order valence-electron chi connectivity index (χ4n) is 4.85. The van der Waals surface area contributed by atoms with Crippen molar-refractivity contribution >= 4 is 34.2 Å². The molecule has 0 atom stereocenters. The third-order valence-corrected chi connectivity index (χ3v) is 7.80. The summed E-state index contributed by atoms with van der Waals surface area (Å²) in [6.07, 6.45) is 3.19. The van der Waals surface area contributed by atoms with Gasteiger partial charge < -0.3 is 15.5 Å². The summed E-state index contributed by atoms with van der Waals surface area (Å²) in [6, 6.07) is 18.2. The Morgan fingerprint density at radius 2 is 1.61 bits per heavy atom. The average molecular weight is 586 g/mol. The molecule has 2 N–H and O–H groups in total. The number of amides is 2. The number of nitrogens with zero attached hydrogens (tertiary/aromatic N) is 5. The normalized spacial score (nSPS) is 13.9. The molecule has 222 valence electrons. The number of aromatic nitrogens is 2. The van der Waals surface area contributed by atoms with Gasteiger partial charge in [0, 0.05) is 66.6 Å². The summed E-state index contributed by atoms with van der Waals surface area (Å²) in [6.45, 7) is 10.1. The molecule has 0 radical (unpaired) electrons. The molecule has 3 aromatic carbocycles. The number of likely N-dealkylation sites (N-methyl/N-ethyl adjacent to an activating group) is 1. The number of hydrogen-bond acceptors (Lipinski definition) is 7. The number of fused-ring (bicyclic) bond motifs is 1. The highest BCUT2D eigenvalue weighted by atomic mass is 16.2. The molecule has 1 aliphatic rings. The molecule has 1 aromatic heterocycles. The third kappa shape index (κ3) is 7.27. The highest BCUT2D eigenvalue weighted by Crippen LogP contribution is 2.26. The van der Waals surface area contributed by atoms with Crippen molar-refractivity contribution in [2.75, 3.05) is 50.4 Å². The van der Waals surface area contributed by atoms with Crippen molar-refractivity contribution in [3.05, 3.63) is 94.8 Å². The van der Waals surface area contributed by atoms with Crippen LogP contribution in [0.4, 0.5) is 11.4 Å². The molecule has 0 bridgehead atoms. The summed E-state index contributed by atoms with van der Waals surface area (Å²) in [7, 11) is 2.12. The van der Waals surface area contributed by atoms with E-state index in [1.807, 2.05) is 32.9 Å². The third-order valence-electron chi connectivity index (χ3n) is 7.80. The zero-order valence-corrected chi connectivity index (χ0v) is 25.4. The zero-order valence-electron chi connectivity index (χ0n) is 25.4. The smallest absolute Gasteiger partial charge is 0.255 e. The molecule has 5 rings (SSSR count). The summed E-state index contributed by atoms with van der Waals surface area (Å²) < 4.78 is 0. The largest absolute Gasteiger partial charge is 0.322 e. The first-order valence-electron chi connectivity index (χ1n) is 14.5. The average Bonchev–Trinajstić information content (AvgIpc) is 3.03. The molecule has 0 spiro atoms. The van der Waals surface area contributed by atoms with E-state index in [1.165, 1.54) is 0 Å². The number of piperazine rings is 1. The second-order valence-electron chi connectivity index (χ2n) is 11.6. The fourth-order valence-corrected chi connectivity index (χ4v) is 4.85. The minimum atomic E-state index is -0.806. The number of rotatable bonds is 6. The predicted molar refractivity (Wildman–Crippen MR) is 173 cm³/mol. The summed E-state index contributed by atoms with van der Waals surface area (Å²) in [5.74, 6) is 5.83. The minimum absolute atomic E-state index is 0.296. The Labute approximate surface area is 257 Å². The van der Waals surface area contributed by atoms with Crippen LogP contribution in [0.5, 0.6) is 0 Å². The van der Waals surface area contributed by atoms with Crippen LogP contribution in [0.3, 0.4) is 0 Å². The van der Waals surface area contributed by atoms with Crippen molar-refractivity contribution in [2.24, 2.45) is 0 Å². The number of carbonyl (C=O) groups excluding carboxylic acids is 2. The van der Waals surface area contributed by atoms with Crippen LogP contribution in [0.2, 0.25) is 0 Å². The molecule has 0 unspecified atom stereocenters. The van der Waals surface area contributed by atoms with Gasteiger partial charge in [0.05, 0.1) is 29.1 Å². The molecule has 1 aliphatic heterocycles. The van der Waals surface area contributed by atoms with Crippen LogP contribution in [0.15, 0.2) is 67.0 Å². The minimum Gasteiger partial charge on any atom is -0.322 e. The number of benzene rings is 3. The number of hydrogen-bond donors (Lipinski definition) is 2. The van der Waals surface area contributed by atoms with Crippen molar-refractivity contribution in [1.82, 2.24) is 19.8 Å². The molecule has 0 saturated carbocycles. The van der Waals surface area contributed by atoms with Crippen LogP contribution < -0.4 is 10.6 Å². The molecule has 2 amide bonds. The monoisotopic (exact) mass is 585 g/mol. The standard InChI is InChI=1S/C35H35N7O2/c1-24-7-9-29(22-31(24)40-33(43)26-8-10-30-32(21-26)38-12-11-37-30)39-34(44)27-18-25(19-28(20-27)35(2,3)23-36)6-5-13-42-16-14-41(4)15-17-42/h7-12,18-22H,13-17H2,1-4H3,(H,39,44)(H,40,43). The molecule has 2 heterocycles. The number of aryl methyl sites for hydroxylation is 1. The molecule has 44 heavy (non-hydrogen) atoms. The quantitative estimate of drug-likeness (QED) is 0.311. The summed E-state index contributed by atoms with van der Waals surface area (Å²) >= 11 is 0. The Bertz CT molecular complexity index is 1820. The van der Waals surface area contributed by atoms with Crippen LogP contribution in [0, 0.1) is 30.1 Å². The van der Waals surface area contributed by atoms with E-state index in [9.17, 15) is 14.9 Å². The van der Waals surface area contributed by atoms with E-state index >= 15 is 0 Å². The van der Waals surface area contributed by atoms with E-state index in [0.717, 1.165) is 31.7 Å². The van der Waals surface area contributed by atoms with Gasteiger partial charge in [0.2, 0.25) is 0 Å². The lowest BCUT2D eigenvalue weighted by atomic mass is 9.84. The lowest BCUT2D eigenvalue weighted by Crippen LogP contribution is -2.44. The van der Waals surface area contributed by atoms with Crippen molar-refractivity contribution in [1.29, 1.82) is 5.26 Å². The SMILES string of the molecule is Cc1ccc(NC(=O)c2cc(C#CCN3CCN(C)CC3)cc(C(C)(C)C#N)c2)cc1NC(=O)c1ccc2nccnc2c1. The van der Waals surface area contributed by atoms with E-state index in [2.05, 4.69) is 55.4 Å². The second-order valence-corrected chi connectivity index (χ2v) is 11.6. The van der Waals surface area contributed by atoms with Crippen LogP contribution >= 0.6 is 0 Å². The first-order chi connectivity index (χ1) is 21.1. The number of nitriles is 1. The van der Waals surface area contributed by atoms with Crippen LogP contribution in [0.1, 0.15) is 51.3 Å². The van der Waals surface area contributed by atoms with Gasteiger partial charge in [-0.1, -0.05) is 17.9 Å². The van der Waals surface area contributed by atoms with Gasteiger partial charge in [-0.15, -0.1) is 0 Å². The van der Waals surface area contributed by atoms with Crippen molar-refractivity contribution in [3.8, 4) is 17.9 Å². The predicted octanol–water partition coefficient (Wildman–Crippen LogP) is 4.84. The molecule has 1 saturated heterocycles. The summed E-state index contributed by atoms with van der Waals surface area (Å²) in [5, 5.41) is 15.7. The van der Waals surface area contributed by atoms with Gasteiger partial charge in [-0.3, -0.25) is 24.5 Å². The molecule has 9 heteroatoms. The van der Waals surface area contributed by atoms with Crippen LogP contribution in [-0.2, 0) is 5.41 Å². The van der Waals surface area contributed by atoms with E-state index in [-0.39, 0.29) is 11.8 Å². The van der Waals surface area contributed by atoms with E-state index < -0.39 is 5.41 Å². The molecule has 4 aromatic rings. The maximum Gasteiger partial charge on any atom is 0.255 e. The number of carbonyl (C=O) groups is 2. The molecular formula is C35H35N7O2. The Morgan fingerprint density at radius 1 is 0.886 bits per heavy atom. The molecule has 0 aliphatic carbocycles. The van der Waals surface area contributed by atoms with Gasteiger partial charge in [0.15, 0.2) is 0 Å². The lowest BCUT2D eigenvalue weighted by Gasteiger charge is -2.30. The van der Waals surface area contributed by atoms with Gasteiger partial charge in [0.1, 0.15) is 0 Å². The first-order valence-corrected chi connectivity index (χ1v) is 14.5. The number of anilines is 2. The van der Waals surface area contributed by atoms with Crippen LogP contribution in [-0.4, -0.2) is 71.4 Å². The Hall–Kier alpha value is -5.09. The van der Waals surface area contributed by atoms with Crippen molar-refractivity contribution in [3.63, 3.8) is 0 Å². The van der Waals surface area contributed by atoms with Gasteiger partial charge >= 0.3 is 0 Å². The van der Waals surface area contributed by atoms with Gasteiger partial charge in [-0.25, -0.2) is 0 Å². The Balaban J connectivity index is 1.34. The molecular weight excluding hydrogens is 550 g/mol. The zero-order chi connectivity index (χ0) is 31.3. The maximum absolute atomic E-state index is 13.5. The fraction of sp³-hybridized carbons (Fsp3) is 0.286. The van der Waals surface area contributed by atoms with Crippen LogP contribution in [0.25, 0.3) is 11.0 Å². The van der Waals surface area contributed by atoms with Crippen molar-refractivity contribution in [2.45, 2.75) is 26.2 Å². The van der Waals surface area contributed by atoms with E-state index in [0.29, 0.717) is 51.2 Å². The molecule has 1 fully saturated rings. The Kier molecular flexibility index (Phi) is 9.01. The topological polar surface area (TPSA) is 114 Å². The first kappa shape index (κ1) is 30.4. The van der Waals surface area contributed by atoms with E-state index in [4.69, 9.17) is 0 Å². The van der Waals surface area contributed by atoms with E-state index in [1.54, 1.807) is 54.9 Å². The number of nitrogens with one attached hydrogen (secondary N) is 2. The Morgan fingerprint density at radius 3 is 2.36 bits per heavy atom. The van der Waals surface area contributed by atoms with Gasteiger partial charge in [-0.2, -0.15) is 5.26 Å². The second kappa shape index (κ2) is 13.0. The van der Waals surface area contributed by atoms with Crippen molar-refractivity contribution < 1.29 is 9.59 Å². The van der Waals surface area contributed by atoms with Gasteiger partial charge in [0.25, 0.3) is 11.8 Å². The summed E-state index contributed by atoms with van der Waals surface area (Å²) in [5.41, 5.74) is 4.71. The van der Waals surface area contributed by atoms with Gasteiger partial charge in [-0.05, 0) is 87.5 Å². The maximum atomic E-state index is 13.5.